The fraction of sp³-hybridized carbons (Fsp3) is 0.632. The van der Waals surface area contributed by atoms with Crippen molar-refractivity contribution in [2.75, 3.05) is 13.1 Å². The van der Waals surface area contributed by atoms with Gasteiger partial charge < -0.3 is 10.6 Å². The zero-order valence-electron chi connectivity index (χ0n) is 14.8. The monoisotopic (exact) mass is 338 g/mol. The van der Waals surface area contributed by atoms with Crippen molar-refractivity contribution in [3.05, 3.63) is 35.4 Å². The van der Waals surface area contributed by atoms with E-state index in [1.807, 2.05) is 0 Å². The molecule has 1 aromatic carbocycles. The molecule has 2 rings (SSSR count). The SMILES string of the molecule is CC1CNCCC1NC(=O)CCc1ccc(C(C)(C)C)cc1.Cl. The summed E-state index contributed by atoms with van der Waals surface area (Å²) >= 11 is 0. The van der Waals surface area contributed by atoms with Crippen molar-refractivity contribution in [3.63, 3.8) is 0 Å². The Kier molecular flexibility index (Phi) is 7.56. The molecule has 0 radical (unpaired) electrons. The number of carbonyl (C=O) groups is 1. The van der Waals surface area contributed by atoms with Crippen molar-refractivity contribution in [3.8, 4) is 0 Å². The Labute approximate surface area is 147 Å². The molecule has 1 fully saturated rings. The van der Waals surface area contributed by atoms with Crippen LogP contribution in [0.15, 0.2) is 24.3 Å². The van der Waals surface area contributed by atoms with Crippen LogP contribution in [0.4, 0.5) is 0 Å². The van der Waals surface area contributed by atoms with Crippen LogP contribution in [0.25, 0.3) is 0 Å². The van der Waals surface area contributed by atoms with Gasteiger partial charge in [0.25, 0.3) is 0 Å². The number of amides is 1. The first-order chi connectivity index (χ1) is 10.4. The molecule has 0 aliphatic carbocycles. The van der Waals surface area contributed by atoms with Gasteiger partial charge in [-0.05, 0) is 48.4 Å². The van der Waals surface area contributed by atoms with Gasteiger partial charge in [0.2, 0.25) is 5.91 Å². The van der Waals surface area contributed by atoms with Gasteiger partial charge >= 0.3 is 0 Å². The summed E-state index contributed by atoms with van der Waals surface area (Å²) in [5.41, 5.74) is 2.76. The Bertz CT molecular complexity index is 493. The predicted molar refractivity (Wildman–Crippen MR) is 99.3 cm³/mol. The van der Waals surface area contributed by atoms with Gasteiger partial charge in [0, 0.05) is 12.5 Å². The van der Waals surface area contributed by atoms with Crippen LogP contribution in [0.1, 0.15) is 51.7 Å². The Hall–Kier alpha value is -1.06. The fourth-order valence-corrected chi connectivity index (χ4v) is 2.94. The smallest absolute Gasteiger partial charge is 0.220 e. The van der Waals surface area contributed by atoms with Gasteiger partial charge in [-0.15, -0.1) is 12.4 Å². The zero-order chi connectivity index (χ0) is 16.2. The van der Waals surface area contributed by atoms with Crippen LogP contribution in [0.3, 0.4) is 0 Å². The molecule has 23 heavy (non-hydrogen) atoms. The van der Waals surface area contributed by atoms with Crippen molar-refractivity contribution < 1.29 is 4.79 Å². The van der Waals surface area contributed by atoms with Gasteiger partial charge in [0.15, 0.2) is 0 Å². The van der Waals surface area contributed by atoms with Gasteiger partial charge in [0.05, 0.1) is 0 Å². The van der Waals surface area contributed by atoms with Crippen molar-refractivity contribution in [2.45, 2.75) is 58.4 Å². The molecule has 2 unspecified atom stereocenters. The second kappa shape index (κ2) is 8.70. The summed E-state index contributed by atoms with van der Waals surface area (Å²) in [4.78, 5) is 12.1. The fourth-order valence-electron chi connectivity index (χ4n) is 2.94. The highest BCUT2D eigenvalue weighted by atomic mass is 35.5. The quantitative estimate of drug-likeness (QED) is 0.882. The van der Waals surface area contributed by atoms with Gasteiger partial charge in [0.1, 0.15) is 0 Å². The van der Waals surface area contributed by atoms with Crippen LogP contribution in [-0.4, -0.2) is 25.0 Å². The van der Waals surface area contributed by atoms with Crippen LogP contribution in [0.5, 0.6) is 0 Å². The number of aryl methyl sites for hydroxylation is 1. The Balaban J connectivity index is 0.00000264. The summed E-state index contributed by atoms with van der Waals surface area (Å²) in [6, 6.07) is 9.00. The molecule has 2 N–H and O–H groups in total. The summed E-state index contributed by atoms with van der Waals surface area (Å²) < 4.78 is 0. The first-order valence-corrected chi connectivity index (χ1v) is 8.46. The third kappa shape index (κ3) is 6.15. The Morgan fingerprint density at radius 1 is 1.26 bits per heavy atom. The number of halogens is 1. The molecule has 1 amide bonds. The summed E-state index contributed by atoms with van der Waals surface area (Å²) in [6.45, 7) is 10.9. The number of piperidine rings is 1. The minimum Gasteiger partial charge on any atom is -0.353 e. The van der Waals surface area contributed by atoms with Gasteiger partial charge in [-0.25, -0.2) is 0 Å². The van der Waals surface area contributed by atoms with E-state index in [0.717, 1.165) is 25.9 Å². The normalized spacial score (nSPS) is 21.4. The van der Waals surface area contributed by atoms with E-state index in [2.05, 4.69) is 62.6 Å². The lowest BCUT2D eigenvalue weighted by Crippen LogP contribution is -2.48. The molecule has 1 aliphatic rings. The van der Waals surface area contributed by atoms with Crippen LogP contribution in [0.2, 0.25) is 0 Å². The minimum atomic E-state index is 0. The average molecular weight is 339 g/mol. The predicted octanol–water partition coefficient (Wildman–Crippen LogP) is 3.45. The van der Waals surface area contributed by atoms with Crippen LogP contribution in [-0.2, 0) is 16.6 Å². The maximum absolute atomic E-state index is 12.1. The lowest BCUT2D eigenvalue weighted by molar-refractivity contribution is -0.122. The molecule has 0 spiro atoms. The first-order valence-electron chi connectivity index (χ1n) is 8.46. The molecular formula is C19H31ClN2O. The molecule has 0 saturated carbocycles. The van der Waals surface area contributed by atoms with E-state index in [1.165, 1.54) is 11.1 Å². The summed E-state index contributed by atoms with van der Waals surface area (Å²) in [5.74, 6) is 0.697. The van der Waals surface area contributed by atoms with Crippen molar-refractivity contribution in [1.29, 1.82) is 0 Å². The van der Waals surface area contributed by atoms with Gasteiger partial charge in [-0.1, -0.05) is 52.0 Å². The summed E-state index contributed by atoms with van der Waals surface area (Å²) in [6.07, 6.45) is 2.42. The number of rotatable bonds is 4. The highest BCUT2D eigenvalue weighted by Crippen LogP contribution is 2.22. The Morgan fingerprint density at radius 3 is 2.48 bits per heavy atom. The summed E-state index contributed by atoms with van der Waals surface area (Å²) in [5, 5.41) is 6.56. The molecule has 1 aromatic rings. The van der Waals surface area contributed by atoms with Crippen molar-refractivity contribution >= 4 is 18.3 Å². The highest BCUT2D eigenvalue weighted by Gasteiger charge is 2.22. The van der Waals surface area contributed by atoms with E-state index in [1.54, 1.807) is 0 Å². The average Bonchev–Trinajstić information content (AvgIpc) is 2.47. The molecule has 3 nitrogen and oxygen atoms in total. The largest absolute Gasteiger partial charge is 0.353 e. The third-order valence-corrected chi connectivity index (χ3v) is 4.59. The maximum Gasteiger partial charge on any atom is 0.220 e. The second-order valence-corrected chi connectivity index (χ2v) is 7.59. The van der Waals surface area contributed by atoms with Crippen molar-refractivity contribution in [2.24, 2.45) is 5.92 Å². The van der Waals surface area contributed by atoms with E-state index < -0.39 is 0 Å². The van der Waals surface area contributed by atoms with Crippen LogP contribution < -0.4 is 10.6 Å². The molecule has 4 heteroatoms. The number of hydrogen-bond acceptors (Lipinski definition) is 2. The molecule has 2 atom stereocenters. The van der Waals surface area contributed by atoms with E-state index >= 15 is 0 Å². The molecular weight excluding hydrogens is 308 g/mol. The van der Waals surface area contributed by atoms with Gasteiger partial charge in [-0.2, -0.15) is 0 Å². The van der Waals surface area contributed by atoms with Crippen molar-refractivity contribution in [1.82, 2.24) is 10.6 Å². The molecule has 1 aliphatic heterocycles. The molecule has 1 saturated heterocycles. The summed E-state index contributed by atoms with van der Waals surface area (Å²) in [7, 11) is 0. The Morgan fingerprint density at radius 2 is 1.91 bits per heavy atom. The molecule has 1 heterocycles. The van der Waals surface area contributed by atoms with Gasteiger partial charge in [-0.3, -0.25) is 4.79 Å². The van der Waals surface area contributed by atoms with E-state index in [0.29, 0.717) is 18.4 Å². The number of hydrogen-bond donors (Lipinski definition) is 2. The minimum absolute atomic E-state index is 0. The number of benzene rings is 1. The number of carbonyl (C=O) groups excluding carboxylic acids is 1. The molecule has 0 bridgehead atoms. The topological polar surface area (TPSA) is 41.1 Å². The standard InChI is InChI=1S/C19H30N2O.ClH/c1-14-13-20-12-11-17(14)21-18(22)10-7-15-5-8-16(9-6-15)19(2,3)4;/h5-6,8-9,14,17,20H,7,10-13H2,1-4H3,(H,21,22);1H. The lowest BCUT2D eigenvalue weighted by atomic mass is 9.86. The zero-order valence-corrected chi connectivity index (χ0v) is 15.6. The van der Waals surface area contributed by atoms with Crippen LogP contribution >= 0.6 is 12.4 Å². The molecule has 0 aromatic heterocycles. The van der Waals surface area contributed by atoms with E-state index in [4.69, 9.17) is 0 Å². The second-order valence-electron chi connectivity index (χ2n) is 7.59. The number of nitrogens with one attached hydrogen (secondary N) is 2. The highest BCUT2D eigenvalue weighted by molar-refractivity contribution is 5.85. The lowest BCUT2D eigenvalue weighted by Gasteiger charge is -2.30. The van der Waals surface area contributed by atoms with E-state index in [9.17, 15) is 4.79 Å². The molecule has 130 valence electrons. The van der Waals surface area contributed by atoms with Crippen LogP contribution in [0, 0.1) is 5.92 Å². The third-order valence-electron chi connectivity index (χ3n) is 4.59. The maximum atomic E-state index is 12.1. The first kappa shape index (κ1) is 20.0. The van der Waals surface area contributed by atoms with E-state index in [-0.39, 0.29) is 23.7 Å².